The SMILES string of the molecule is CNC(=O)c1noc(CN2C[C@@]3(C(=O)O)C[C@@]3(C(=O)O)C2)n1. The molecule has 1 saturated carbocycles. The zero-order valence-corrected chi connectivity index (χ0v) is 11.7. The van der Waals surface area contributed by atoms with Crippen molar-refractivity contribution in [2.45, 2.75) is 13.0 Å². The molecule has 1 aromatic rings. The van der Waals surface area contributed by atoms with Crippen molar-refractivity contribution in [3.05, 3.63) is 11.7 Å². The van der Waals surface area contributed by atoms with Gasteiger partial charge in [0.25, 0.3) is 11.7 Å². The molecule has 10 heteroatoms. The molecular weight excluding hydrogens is 296 g/mol. The third-order valence-corrected chi connectivity index (χ3v) is 4.46. The Balaban J connectivity index is 1.74. The van der Waals surface area contributed by atoms with Gasteiger partial charge in [0.15, 0.2) is 0 Å². The molecule has 1 aliphatic heterocycles. The number of fused-ring (bicyclic) bond motifs is 1. The Morgan fingerprint density at radius 2 is 1.86 bits per heavy atom. The lowest BCUT2D eigenvalue weighted by atomic mass is 9.97. The highest BCUT2D eigenvalue weighted by Gasteiger charge is 2.80. The second-order valence-electron chi connectivity index (χ2n) is 5.69. The number of aromatic nitrogens is 2. The molecule has 22 heavy (non-hydrogen) atoms. The van der Waals surface area contributed by atoms with Crippen LogP contribution in [0.4, 0.5) is 0 Å². The predicted molar refractivity (Wildman–Crippen MR) is 67.7 cm³/mol. The zero-order valence-electron chi connectivity index (χ0n) is 11.7. The summed E-state index contributed by atoms with van der Waals surface area (Å²) in [6, 6.07) is 0. The quantitative estimate of drug-likeness (QED) is 0.609. The maximum absolute atomic E-state index is 11.4. The van der Waals surface area contributed by atoms with Gasteiger partial charge in [-0.3, -0.25) is 19.3 Å². The van der Waals surface area contributed by atoms with Crippen LogP contribution in [0.5, 0.6) is 0 Å². The maximum atomic E-state index is 11.4. The smallest absolute Gasteiger partial charge is 0.312 e. The normalized spacial score (nSPS) is 29.9. The van der Waals surface area contributed by atoms with E-state index in [9.17, 15) is 24.6 Å². The number of hydrogen-bond acceptors (Lipinski definition) is 7. The van der Waals surface area contributed by atoms with E-state index in [2.05, 4.69) is 15.5 Å². The van der Waals surface area contributed by atoms with Gasteiger partial charge in [0.2, 0.25) is 5.89 Å². The van der Waals surface area contributed by atoms with Gasteiger partial charge >= 0.3 is 11.9 Å². The predicted octanol–water partition coefficient (Wildman–Crippen LogP) is -1.21. The second-order valence-corrected chi connectivity index (χ2v) is 5.69. The highest BCUT2D eigenvalue weighted by molar-refractivity contribution is 5.94. The Hall–Kier alpha value is -2.49. The van der Waals surface area contributed by atoms with E-state index in [0.29, 0.717) is 0 Å². The minimum absolute atomic E-state index is 0.103. The van der Waals surface area contributed by atoms with Crippen molar-refractivity contribution < 1.29 is 29.1 Å². The van der Waals surface area contributed by atoms with Gasteiger partial charge in [0.1, 0.15) is 0 Å². The fourth-order valence-electron chi connectivity index (χ4n) is 3.23. The van der Waals surface area contributed by atoms with Crippen molar-refractivity contribution in [1.82, 2.24) is 20.4 Å². The number of rotatable bonds is 5. The van der Waals surface area contributed by atoms with Crippen molar-refractivity contribution >= 4 is 17.8 Å². The molecule has 2 fully saturated rings. The third-order valence-electron chi connectivity index (χ3n) is 4.46. The number of carboxylic acid groups (broad SMARTS) is 2. The molecule has 1 aliphatic carbocycles. The van der Waals surface area contributed by atoms with E-state index in [-0.39, 0.29) is 37.8 Å². The minimum Gasteiger partial charge on any atom is -0.481 e. The van der Waals surface area contributed by atoms with Crippen molar-refractivity contribution in [2.24, 2.45) is 10.8 Å². The van der Waals surface area contributed by atoms with Crippen molar-refractivity contribution in [3.63, 3.8) is 0 Å². The van der Waals surface area contributed by atoms with Gasteiger partial charge < -0.3 is 20.1 Å². The highest BCUT2D eigenvalue weighted by atomic mass is 16.5. The van der Waals surface area contributed by atoms with Crippen LogP contribution >= 0.6 is 0 Å². The highest BCUT2D eigenvalue weighted by Crippen LogP contribution is 2.68. The number of carbonyl (C=O) groups is 3. The van der Waals surface area contributed by atoms with Crippen molar-refractivity contribution in [2.75, 3.05) is 20.1 Å². The number of nitrogens with zero attached hydrogens (tertiary/aromatic N) is 3. The van der Waals surface area contributed by atoms with Crippen LogP contribution in [0.1, 0.15) is 22.9 Å². The standard InChI is InChI=1S/C12H14N4O6/c1-13-8(17)7-14-6(22-15-7)2-16-4-11(9(18)19)3-12(11,5-16)10(20)21/h2-5H2,1H3,(H,13,17)(H,18,19)(H,20,21)/t11-,12+. The van der Waals surface area contributed by atoms with Crippen LogP contribution in [-0.2, 0) is 16.1 Å². The van der Waals surface area contributed by atoms with E-state index in [4.69, 9.17) is 4.52 Å². The van der Waals surface area contributed by atoms with Crippen molar-refractivity contribution in [3.8, 4) is 0 Å². The van der Waals surface area contributed by atoms with Gasteiger partial charge in [-0.1, -0.05) is 5.16 Å². The summed E-state index contributed by atoms with van der Waals surface area (Å²) in [4.78, 5) is 39.7. The Labute approximate surface area is 124 Å². The van der Waals surface area contributed by atoms with Gasteiger partial charge in [-0.05, 0) is 6.42 Å². The Kier molecular flexibility index (Phi) is 2.96. The molecule has 2 atom stereocenters. The molecule has 0 spiro atoms. The molecule has 0 unspecified atom stereocenters. The fraction of sp³-hybridized carbons (Fsp3) is 0.583. The van der Waals surface area contributed by atoms with Crippen LogP contribution in [0.15, 0.2) is 4.52 Å². The molecule has 1 saturated heterocycles. The molecule has 3 N–H and O–H groups in total. The topological polar surface area (TPSA) is 146 Å². The van der Waals surface area contributed by atoms with E-state index in [1.165, 1.54) is 7.05 Å². The summed E-state index contributed by atoms with van der Waals surface area (Å²) in [5, 5.41) is 24.5. The van der Waals surface area contributed by atoms with Crippen LogP contribution in [-0.4, -0.2) is 63.2 Å². The van der Waals surface area contributed by atoms with Gasteiger partial charge in [0, 0.05) is 20.1 Å². The van der Waals surface area contributed by atoms with E-state index in [1.807, 2.05) is 0 Å². The molecule has 0 bridgehead atoms. The van der Waals surface area contributed by atoms with Gasteiger partial charge in [0.05, 0.1) is 17.4 Å². The summed E-state index contributed by atoms with van der Waals surface area (Å²) in [6.07, 6.45) is 0.133. The number of aliphatic carboxylic acids is 2. The lowest BCUT2D eigenvalue weighted by molar-refractivity contribution is -0.151. The molecular formula is C12H14N4O6. The Morgan fingerprint density at radius 3 is 2.36 bits per heavy atom. The minimum atomic E-state index is -1.25. The first-order valence-corrected chi connectivity index (χ1v) is 6.58. The summed E-state index contributed by atoms with van der Waals surface area (Å²) in [5.41, 5.74) is -2.50. The zero-order chi connectivity index (χ0) is 16.1. The van der Waals surface area contributed by atoms with Crippen LogP contribution in [0, 0.1) is 10.8 Å². The largest absolute Gasteiger partial charge is 0.481 e. The van der Waals surface area contributed by atoms with Crippen LogP contribution in [0.25, 0.3) is 0 Å². The summed E-state index contributed by atoms with van der Waals surface area (Å²) in [6.45, 7) is 0.312. The van der Waals surface area contributed by atoms with E-state index in [0.717, 1.165) is 0 Å². The van der Waals surface area contributed by atoms with Crippen LogP contribution < -0.4 is 5.32 Å². The number of hydrogen-bond donors (Lipinski definition) is 3. The Bertz CT molecular complexity index is 644. The first-order valence-electron chi connectivity index (χ1n) is 6.58. The molecule has 1 aromatic heterocycles. The average Bonchev–Trinajstić information content (AvgIpc) is 2.81. The monoisotopic (exact) mass is 310 g/mol. The first kappa shape index (κ1) is 14.4. The second kappa shape index (κ2) is 4.50. The molecule has 0 aromatic carbocycles. The van der Waals surface area contributed by atoms with Crippen molar-refractivity contribution in [1.29, 1.82) is 0 Å². The number of piperidine rings is 1. The van der Waals surface area contributed by atoms with Gasteiger partial charge in [-0.2, -0.15) is 4.98 Å². The lowest BCUT2D eigenvalue weighted by Crippen LogP contribution is -2.28. The molecule has 2 aliphatic rings. The van der Waals surface area contributed by atoms with E-state index in [1.54, 1.807) is 4.90 Å². The van der Waals surface area contributed by atoms with E-state index < -0.39 is 28.7 Å². The summed E-state index contributed by atoms with van der Waals surface area (Å²) >= 11 is 0. The summed E-state index contributed by atoms with van der Waals surface area (Å²) in [5.74, 6) is -2.69. The Morgan fingerprint density at radius 1 is 1.27 bits per heavy atom. The van der Waals surface area contributed by atoms with Gasteiger partial charge in [-0.15, -0.1) is 0 Å². The molecule has 3 rings (SSSR count). The van der Waals surface area contributed by atoms with E-state index >= 15 is 0 Å². The number of nitrogens with one attached hydrogen (secondary N) is 1. The molecule has 118 valence electrons. The average molecular weight is 310 g/mol. The molecule has 10 nitrogen and oxygen atoms in total. The molecule has 2 heterocycles. The fourth-order valence-corrected chi connectivity index (χ4v) is 3.23. The summed E-state index contributed by atoms with van der Waals surface area (Å²) < 4.78 is 4.93. The van der Waals surface area contributed by atoms with Crippen LogP contribution in [0.3, 0.4) is 0 Å². The summed E-state index contributed by atoms with van der Waals surface area (Å²) in [7, 11) is 1.43. The molecule has 0 radical (unpaired) electrons. The first-order chi connectivity index (χ1) is 10.3. The number of carboxylic acids is 2. The number of carbonyl (C=O) groups excluding carboxylic acids is 1. The van der Waals surface area contributed by atoms with Crippen LogP contribution in [0.2, 0.25) is 0 Å². The van der Waals surface area contributed by atoms with Gasteiger partial charge in [-0.25, -0.2) is 0 Å². The third kappa shape index (κ3) is 1.80. The maximum Gasteiger partial charge on any atom is 0.312 e. The number of amides is 1. The lowest BCUT2D eigenvalue weighted by Gasteiger charge is -2.16. The number of likely N-dealkylation sites (tertiary alicyclic amines) is 1. The molecule has 1 amide bonds.